The van der Waals surface area contributed by atoms with E-state index in [2.05, 4.69) is 12.2 Å². The molecule has 1 N–H and O–H groups in total. The highest BCUT2D eigenvalue weighted by atomic mass is 35.5. The van der Waals surface area contributed by atoms with Crippen LogP contribution < -0.4 is 5.32 Å². The van der Waals surface area contributed by atoms with Gasteiger partial charge in [-0.25, -0.2) is 4.39 Å². The van der Waals surface area contributed by atoms with Gasteiger partial charge in [0.15, 0.2) is 0 Å². The minimum atomic E-state index is -0.188. The predicted molar refractivity (Wildman–Crippen MR) is 96.1 cm³/mol. The fourth-order valence-corrected chi connectivity index (χ4v) is 3.59. The van der Waals surface area contributed by atoms with Crippen LogP contribution in [0.3, 0.4) is 0 Å². The zero-order chi connectivity index (χ0) is 17.1. The summed E-state index contributed by atoms with van der Waals surface area (Å²) >= 11 is 6.10. The van der Waals surface area contributed by atoms with Gasteiger partial charge < -0.3 is 10.1 Å². The summed E-state index contributed by atoms with van der Waals surface area (Å²) in [5.41, 5.74) is 4.45. The lowest BCUT2D eigenvalue weighted by Crippen LogP contribution is -2.40. The van der Waals surface area contributed by atoms with Gasteiger partial charge in [-0.2, -0.15) is 0 Å². The summed E-state index contributed by atoms with van der Waals surface area (Å²) in [7, 11) is 0. The molecular weight excluding hydrogens is 325 g/mol. The van der Waals surface area contributed by atoms with E-state index in [1.807, 2.05) is 31.2 Å². The second-order valence-corrected chi connectivity index (χ2v) is 6.96. The number of aryl methyl sites for hydroxylation is 2. The first-order valence-corrected chi connectivity index (χ1v) is 8.76. The van der Waals surface area contributed by atoms with E-state index in [1.54, 1.807) is 6.07 Å². The van der Waals surface area contributed by atoms with E-state index in [0.29, 0.717) is 6.61 Å². The number of hydrogen-bond donors (Lipinski definition) is 1. The highest BCUT2D eigenvalue weighted by Crippen LogP contribution is 2.30. The Hall–Kier alpha value is -1.42. The third-order valence-electron chi connectivity index (χ3n) is 4.81. The van der Waals surface area contributed by atoms with Gasteiger partial charge in [0.25, 0.3) is 0 Å². The number of benzene rings is 2. The molecule has 1 aliphatic rings. The lowest BCUT2D eigenvalue weighted by atomic mass is 9.86. The van der Waals surface area contributed by atoms with Gasteiger partial charge in [0.1, 0.15) is 5.82 Å². The first kappa shape index (κ1) is 17.4. The number of piperidine rings is 1. The Kier molecular flexibility index (Phi) is 5.54. The van der Waals surface area contributed by atoms with Gasteiger partial charge in [0.2, 0.25) is 0 Å². The molecule has 24 heavy (non-hydrogen) atoms. The molecule has 128 valence electrons. The van der Waals surface area contributed by atoms with Crippen molar-refractivity contribution < 1.29 is 9.13 Å². The average molecular weight is 348 g/mol. The van der Waals surface area contributed by atoms with Crippen LogP contribution in [-0.2, 0) is 11.3 Å². The van der Waals surface area contributed by atoms with Crippen molar-refractivity contribution in [3.05, 3.63) is 69.5 Å². The Balaban J connectivity index is 1.76. The summed E-state index contributed by atoms with van der Waals surface area (Å²) in [6, 6.07) is 10.9. The molecule has 1 fully saturated rings. The van der Waals surface area contributed by atoms with Crippen LogP contribution in [0.4, 0.5) is 4.39 Å². The summed E-state index contributed by atoms with van der Waals surface area (Å²) in [4.78, 5) is 0. The second kappa shape index (κ2) is 7.64. The molecule has 0 saturated carbocycles. The third kappa shape index (κ3) is 3.97. The maximum atomic E-state index is 13.4. The van der Waals surface area contributed by atoms with Gasteiger partial charge in [-0.05, 0) is 73.3 Å². The van der Waals surface area contributed by atoms with Gasteiger partial charge in [0, 0.05) is 17.5 Å². The van der Waals surface area contributed by atoms with Crippen molar-refractivity contribution in [2.45, 2.75) is 38.9 Å². The molecule has 2 aromatic rings. The minimum Gasteiger partial charge on any atom is -0.373 e. The van der Waals surface area contributed by atoms with Gasteiger partial charge in [-0.3, -0.25) is 0 Å². The lowest BCUT2D eigenvalue weighted by Gasteiger charge is -2.33. The van der Waals surface area contributed by atoms with Gasteiger partial charge in [-0.15, -0.1) is 0 Å². The van der Waals surface area contributed by atoms with Crippen LogP contribution in [0.25, 0.3) is 0 Å². The molecule has 4 heteroatoms. The van der Waals surface area contributed by atoms with Crippen molar-refractivity contribution in [2.24, 2.45) is 0 Å². The fraction of sp³-hybridized carbons (Fsp3) is 0.400. The topological polar surface area (TPSA) is 21.3 Å². The molecule has 2 atom stereocenters. The summed E-state index contributed by atoms with van der Waals surface area (Å²) in [5, 5.41) is 4.16. The molecule has 2 aromatic carbocycles. The fourth-order valence-electron chi connectivity index (χ4n) is 3.39. The predicted octanol–water partition coefficient (Wildman–Crippen LogP) is 4.76. The Morgan fingerprint density at radius 3 is 2.79 bits per heavy atom. The van der Waals surface area contributed by atoms with E-state index >= 15 is 0 Å². The second-order valence-electron chi connectivity index (χ2n) is 6.52. The summed E-state index contributed by atoms with van der Waals surface area (Å²) in [6.07, 6.45) is 1.06. The van der Waals surface area contributed by atoms with Crippen molar-refractivity contribution in [1.82, 2.24) is 5.32 Å². The van der Waals surface area contributed by atoms with Crippen molar-refractivity contribution in [2.75, 3.05) is 13.1 Å². The molecular formula is C20H23ClFNO. The van der Waals surface area contributed by atoms with E-state index in [1.165, 1.54) is 11.6 Å². The van der Waals surface area contributed by atoms with Crippen LogP contribution in [-0.4, -0.2) is 19.2 Å². The smallest absolute Gasteiger partial charge is 0.123 e. The molecule has 1 aliphatic heterocycles. The first-order valence-electron chi connectivity index (χ1n) is 8.38. The van der Waals surface area contributed by atoms with Gasteiger partial charge in [-0.1, -0.05) is 23.7 Å². The quantitative estimate of drug-likeness (QED) is 0.861. The van der Waals surface area contributed by atoms with Crippen LogP contribution in [0.5, 0.6) is 0 Å². The van der Waals surface area contributed by atoms with Crippen LogP contribution in [0.2, 0.25) is 5.02 Å². The SMILES string of the molecule is Cc1ccc(Cl)cc1COC1CCNCC1c1ccc(F)cc1C. The van der Waals surface area contributed by atoms with Crippen molar-refractivity contribution in [1.29, 1.82) is 0 Å². The highest BCUT2D eigenvalue weighted by Gasteiger charge is 2.28. The molecule has 3 rings (SSSR count). The first-order chi connectivity index (χ1) is 11.5. The van der Waals surface area contributed by atoms with Crippen molar-refractivity contribution in [3.63, 3.8) is 0 Å². The zero-order valence-electron chi connectivity index (χ0n) is 14.1. The van der Waals surface area contributed by atoms with E-state index in [0.717, 1.165) is 41.2 Å². The van der Waals surface area contributed by atoms with Gasteiger partial charge >= 0.3 is 0 Å². The Morgan fingerprint density at radius 1 is 1.17 bits per heavy atom. The number of hydrogen-bond acceptors (Lipinski definition) is 2. The lowest BCUT2D eigenvalue weighted by molar-refractivity contribution is 0.00657. The van der Waals surface area contributed by atoms with Crippen LogP contribution >= 0.6 is 11.6 Å². The molecule has 2 unspecified atom stereocenters. The molecule has 0 amide bonds. The molecule has 0 bridgehead atoms. The molecule has 0 spiro atoms. The molecule has 1 heterocycles. The summed E-state index contributed by atoms with van der Waals surface area (Å²) in [6.45, 7) is 6.37. The van der Waals surface area contributed by atoms with Crippen LogP contribution in [0.15, 0.2) is 36.4 Å². The van der Waals surface area contributed by atoms with E-state index in [4.69, 9.17) is 16.3 Å². The molecule has 1 saturated heterocycles. The number of rotatable bonds is 4. The average Bonchev–Trinajstić information content (AvgIpc) is 2.56. The molecule has 0 aliphatic carbocycles. The van der Waals surface area contributed by atoms with Crippen LogP contribution in [0, 0.1) is 19.7 Å². The standard InChI is InChI=1S/C20H23ClFNO/c1-13-3-4-16(21)10-15(13)12-24-20-7-8-23-11-19(20)18-6-5-17(22)9-14(18)2/h3-6,9-10,19-20,23H,7-8,11-12H2,1-2H3. The molecule has 2 nitrogen and oxygen atoms in total. The largest absolute Gasteiger partial charge is 0.373 e. The van der Waals surface area contributed by atoms with Crippen LogP contribution in [0.1, 0.15) is 34.6 Å². The highest BCUT2D eigenvalue weighted by molar-refractivity contribution is 6.30. The molecule has 0 radical (unpaired) electrons. The van der Waals surface area contributed by atoms with E-state index in [-0.39, 0.29) is 17.8 Å². The molecule has 0 aromatic heterocycles. The maximum absolute atomic E-state index is 13.4. The summed E-state index contributed by atoms with van der Waals surface area (Å²) in [5.74, 6) is 0.0471. The van der Waals surface area contributed by atoms with Gasteiger partial charge in [0.05, 0.1) is 12.7 Å². The number of halogens is 2. The summed E-state index contributed by atoms with van der Waals surface area (Å²) < 4.78 is 19.7. The Labute approximate surface area is 148 Å². The minimum absolute atomic E-state index is 0.119. The third-order valence-corrected chi connectivity index (χ3v) is 5.05. The van der Waals surface area contributed by atoms with Crippen molar-refractivity contribution >= 4 is 11.6 Å². The zero-order valence-corrected chi connectivity index (χ0v) is 14.9. The van der Waals surface area contributed by atoms with E-state index < -0.39 is 0 Å². The van der Waals surface area contributed by atoms with E-state index in [9.17, 15) is 4.39 Å². The normalized spacial score (nSPS) is 21.0. The Bertz CT molecular complexity index is 719. The monoisotopic (exact) mass is 347 g/mol. The number of nitrogens with one attached hydrogen (secondary N) is 1. The number of ether oxygens (including phenoxy) is 1. The maximum Gasteiger partial charge on any atom is 0.123 e. The Morgan fingerprint density at radius 2 is 2.00 bits per heavy atom. The van der Waals surface area contributed by atoms with Crippen molar-refractivity contribution in [3.8, 4) is 0 Å².